The van der Waals surface area contributed by atoms with Gasteiger partial charge in [-0.15, -0.1) is 0 Å². The minimum Gasteiger partial charge on any atom is -0.316 e. The van der Waals surface area contributed by atoms with Crippen molar-refractivity contribution in [2.24, 2.45) is 11.8 Å². The molecule has 0 amide bonds. The van der Waals surface area contributed by atoms with Crippen LogP contribution in [0.1, 0.15) is 66.2 Å². The van der Waals surface area contributed by atoms with Gasteiger partial charge < -0.3 is 5.32 Å². The van der Waals surface area contributed by atoms with E-state index in [1.165, 1.54) is 51.6 Å². The van der Waals surface area contributed by atoms with Crippen LogP contribution in [0.15, 0.2) is 0 Å². The molecule has 0 saturated carbocycles. The largest absolute Gasteiger partial charge is 0.316 e. The van der Waals surface area contributed by atoms with Crippen LogP contribution in [0.2, 0.25) is 0 Å². The first-order valence-electron chi connectivity index (χ1n) is 6.91. The zero-order valence-electron chi connectivity index (χ0n) is 11.3. The normalized spacial score (nSPS) is 13.4. The SMILES string of the molecule is CCCCCC(CCC)CNCC(C)C. The maximum Gasteiger partial charge on any atom is -0.00204 e. The summed E-state index contributed by atoms with van der Waals surface area (Å²) in [6, 6.07) is 0. The number of rotatable bonds is 10. The third-order valence-electron chi connectivity index (χ3n) is 2.90. The molecule has 0 radical (unpaired) electrons. The van der Waals surface area contributed by atoms with Gasteiger partial charge in [-0.3, -0.25) is 0 Å². The maximum absolute atomic E-state index is 3.60. The van der Waals surface area contributed by atoms with Crippen molar-refractivity contribution >= 4 is 0 Å². The van der Waals surface area contributed by atoms with Gasteiger partial charge in [-0.05, 0) is 37.8 Å². The van der Waals surface area contributed by atoms with E-state index in [2.05, 4.69) is 33.0 Å². The fourth-order valence-electron chi connectivity index (χ4n) is 2.02. The minimum absolute atomic E-state index is 0.780. The highest BCUT2D eigenvalue weighted by molar-refractivity contribution is 4.63. The van der Waals surface area contributed by atoms with Gasteiger partial charge in [-0.25, -0.2) is 0 Å². The maximum atomic E-state index is 3.60. The lowest BCUT2D eigenvalue weighted by Crippen LogP contribution is -2.26. The molecule has 0 saturated heterocycles. The number of nitrogens with one attached hydrogen (secondary N) is 1. The van der Waals surface area contributed by atoms with Crippen molar-refractivity contribution in [3.05, 3.63) is 0 Å². The number of unbranched alkanes of at least 4 members (excludes halogenated alkanes) is 2. The Hall–Kier alpha value is -0.0400. The molecule has 0 aromatic carbocycles. The Morgan fingerprint density at radius 3 is 2.13 bits per heavy atom. The molecule has 0 fully saturated rings. The van der Waals surface area contributed by atoms with Crippen molar-refractivity contribution < 1.29 is 0 Å². The van der Waals surface area contributed by atoms with Crippen molar-refractivity contribution in [1.82, 2.24) is 5.32 Å². The molecule has 0 aliphatic carbocycles. The zero-order valence-corrected chi connectivity index (χ0v) is 11.3. The number of hydrogen-bond donors (Lipinski definition) is 1. The molecule has 0 aromatic rings. The zero-order chi connectivity index (χ0) is 11.5. The lowest BCUT2D eigenvalue weighted by molar-refractivity contribution is 0.387. The van der Waals surface area contributed by atoms with E-state index in [0.29, 0.717) is 0 Å². The monoisotopic (exact) mass is 213 g/mol. The average molecular weight is 213 g/mol. The van der Waals surface area contributed by atoms with E-state index >= 15 is 0 Å². The Morgan fingerprint density at radius 2 is 1.60 bits per heavy atom. The van der Waals surface area contributed by atoms with E-state index in [1.54, 1.807) is 0 Å². The second kappa shape index (κ2) is 10.5. The van der Waals surface area contributed by atoms with Gasteiger partial charge in [0.05, 0.1) is 0 Å². The highest BCUT2D eigenvalue weighted by atomic mass is 14.9. The van der Waals surface area contributed by atoms with E-state index in [0.717, 1.165) is 11.8 Å². The third kappa shape index (κ3) is 10.2. The first-order valence-corrected chi connectivity index (χ1v) is 6.91. The van der Waals surface area contributed by atoms with Crippen molar-refractivity contribution in [1.29, 1.82) is 0 Å². The Kier molecular flexibility index (Phi) is 10.4. The van der Waals surface area contributed by atoms with Crippen LogP contribution in [0, 0.1) is 11.8 Å². The molecule has 0 heterocycles. The smallest absolute Gasteiger partial charge is 0.00204 e. The van der Waals surface area contributed by atoms with E-state index in [4.69, 9.17) is 0 Å². The Morgan fingerprint density at radius 1 is 0.867 bits per heavy atom. The van der Waals surface area contributed by atoms with Crippen LogP contribution in [0.4, 0.5) is 0 Å². The van der Waals surface area contributed by atoms with Crippen LogP contribution in [0.3, 0.4) is 0 Å². The molecule has 1 N–H and O–H groups in total. The van der Waals surface area contributed by atoms with Crippen LogP contribution in [0.5, 0.6) is 0 Å². The summed E-state index contributed by atoms with van der Waals surface area (Å²) in [7, 11) is 0. The standard InChI is InChI=1S/C14H31N/c1-5-7-8-10-14(9-6-2)12-15-11-13(3)4/h13-15H,5-12H2,1-4H3. The Bertz CT molecular complexity index is 121. The van der Waals surface area contributed by atoms with Gasteiger partial charge in [-0.2, -0.15) is 0 Å². The van der Waals surface area contributed by atoms with Crippen LogP contribution in [-0.2, 0) is 0 Å². The molecule has 1 unspecified atom stereocenters. The van der Waals surface area contributed by atoms with Crippen LogP contribution >= 0.6 is 0 Å². The van der Waals surface area contributed by atoms with Crippen molar-refractivity contribution in [3.63, 3.8) is 0 Å². The highest BCUT2D eigenvalue weighted by Crippen LogP contribution is 2.14. The molecule has 0 bridgehead atoms. The van der Waals surface area contributed by atoms with Crippen molar-refractivity contribution in [2.75, 3.05) is 13.1 Å². The molecule has 0 spiro atoms. The molecule has 0 aromatic heterocycles. The topological polar surface area (TPSA) is 12.0 Å². The van der Waals surface area contributed by atoms with E-state index in [-0.39, 0.29) is 0 Å². The van der Waals surface area contributed by atoms with Crippen LogP contribution in [0.25, 0.3) is 0 Å². The summed E-state index contributed by atoms with van der Waals surface area (Å²) in [6.45, 7) is 11.5. The molecule has 1 nitrogen and oxygen atoms in total. The summed E-state index contributed by atoms with van der Waals surface area (Å²) < 4.78 is 0. The summed E-state index contributed by atoms with van der Waals surface area (Å²) in [5.41, 5.74) is 0. The van der Waals surface area contributed by atoms with Gasteiger partial charge in [0.2, 0.25) is 0 Å². The van der Waals surface area contributed by atoms with Crippen molar-refractivity contribution in [2.45, 2.75) is 66.2 Å². The summed E-state index contributed by atoms with van der Waals surface area (Å²) in [4.78, 5) is 0. The number of hydrogen-bond acceptors (Lipinski definition) is 1. The van der Waals surface area contributed by atoms with Crippen LogP contribution in [-0.4, -0.2) is 13.1 Å². The molecule has 0 rings (SSSR count). The molecule has 1 heteroatoms. The van der Waals surface area contributed by atoms with Crippen LogP contribution < -0.4 is 5.32 Å². The minimum atomic E-state index is 0.780. The van der Waals surface area contributed by atoms with E-state index in [1.807, 2.05) is 0 Å². The van der Waals surface area contributed by atoms with Gasteiger partial charge in [-0.1, -0.05) is 53.4 Å². The lowest BCUT2D eigenvalue weighted by Gasteiger charge is -2.17. The molecule has 0 aliphatic rings. The predicted octanol–water partition coefficient (Wildman–Crippen LogP) is 4.23. The molecule has 92 valence electrons. The molecule has 15 heavy (non-hydrogen) atoms. The fourth-order valence-corrected chi connectivity index (χ4v) is 2.02. The first-order chi connectivity index (χ1) is 7.20. The fraction of sp³-hybridized carbons (Fsp3) is 1.00. The third-order valence-corrected chi connectivity index (χ3v) is 2.90. The quantitative estimate of drug-likeness (QED) is 0.536. The van der Waals surface area contributed by atoms with E-state index < -0.39 is 0 Å². The summed E-state index contributed by atoms with van der Waals surface area (Å²) >= 11 is 0. The molecular weight excluding hydrogens is 182 g/mol. The van der Waals surface area contributed by atoms with Gasteiger partial charge in [0, 0.05) is 0 Å². The first kappa shape index (κ1) is 15.0. The van der Waals surface area contributed by atoms with Gasteiger partial charge in [0.25, 0.3) is 0 Å². The van der Waals surface area contributed by atoms with Gasteiger partial charge >= 0.3 is 0 Å². The summed E-state index contributed by atoms with van der Waals surface area (Å²) in [6.07, 6.45) is 8.33. The second-order valence-corrected chi connectivity index (χ2v) is 5.20. The summed E-state index contributed by atoms with van der Waals surface area (Å²) in [5, 5.41) is 3.60. The molecule has 1 atom stereocenters. The Labute approximate surface area is 97.0 Å². The van der Waals surface area contributed by atoms with Gasteiger partial charge in [0.1, 0.15) is 0 Å². The van der Waals surface area contributed by atoms with Gasteiger partial charge in [0.15, 0.2) is 0 Å². The average Bonchev–Trinajstić information content (AvgIpc) is 2.17. The highest BCUT2D eigenvalue weighted by Gasteiger charge is 2.07. The second-order valence-electron chi connectivity index (χ2n) is 5.20. The van der Waals surface area contributed by atoms with Crippen molar-refractivity contribution in [3.8, 4) is 0 Å². The summed E-state index contributed by atoms with van der Waals surface area (Å²) in [5.74, 6) is 1.70. The lowest BCUT2D eigenvalue weighted by atomic mass is 9.96. The van der Waals surface area contributed by atoms with E-state index in [9.17, 15) is 0 Å². The predicted molar refractivity (Wildman–Crippen MR) is 70.2 cm³/mol. The Balaban J connectivity index is 3.53. The molecule has 0 aliphatic heterocycles. The molecular formula is C14H31N.